The van der Waals surface area contributed by atoms with Crippen molar-refractivity contribution in [1.82, 2.24) is 9.55 Å². The van der Waals surface area contributed by atoms with E-state index in [1.807, 2.05) is 24.3 Å². The van der Waals surface area contributed by atoms with E-state index in [1.165, 1.54) is 0 Å². The molecule has 2 heterocycles. The van der Waals surface area contributed by atoms with E-state index < -0.39 is 5.97 Å². The fourth-order valence-electron chi connectivity index (χ4n) is 2.45. The first kappa shape index (κ1) is 11.2. The number of fused-ring (bicyclic) bond motifs is 1. The smallest absolute Gasteiger partial charge is 0.323 e. The summed E-state index contributed by atoms with van der Waals surface area (Å²) < 4.78 is 7.16. The Hall–Kier alpha value is -1.88. The third-order valence-electron chi connectivity index (χ3n) is 3.27. The average molecular weight is 246 g/mol. The monoisotopic (exact) mass is 246 g/mol. The first-order valence-electron chi connectivity index (χ1n) is 6.00. The van der Waals surface area contributed by atoms with Gasteiger partial charge < -0.3 is 14.4 Å². The van der Waals surface area contributed by atoms with Gasteiger partial charge in [0, 0.05) is 12.5 Å². The molecule has 0 aliphatic carbocycles. The first-order chi connectivity index (χ1) is 8.75. The molecule has 1 aromatic carbocycles. The number of imidazole rings is 1. The Balaban J connectivity index is 2.12. The number of hydrogen-bond acceptors (Lipinski definition) is 3. The standard InChI is InChI=1S/C13H14N2O3/c16-12(17)7-15-11-4-2-1-3-10(11)14-13(15)9-5-6-18-8-9/h1-4,9H,5-8H2,(H,16,17)/t9-/m1/s1. The van der Waals surface area contributed by atoms with Gasteiger partial charge in [0.25, 0.3) is 0 Å². The molecular formula is C13H14N2O3. The van der Waals surface area contributed by atoms with Crippen LogP contribution in [0.3, 0.4) is 0 Å². The molecule has 1 aliphatic rings. The van der Waals surface area contributed by atoms with E-state index >= 15 is 0 Å². The maximum atomic E-state index is 11.0. The fraction of sp³-hybridized carbons (Fsp3) is 0.385. The number of ether oxygens (including phenoxy) is 1. The van der Waals surface area contributed by atoms with E-state index in [1.54, 1.807) is 4.57 Å². The van der Waals surface area contributed by atoms with Crippen LogP contribution in [0.4, 0.5) is 0 Å². The van der Waals surface area contributed by atoms with Crippen molar-refractivity contribution in [1.29, 1.82) is 0 Å². The second-order valence-corrected chi connectivity index (χ2v) is 4.50. The Kier molecular flexibility index (Phi) is 2.76. The first-order valence-corrected chi connectivity index (χ1v) is 6.00. The molecule has 5 heteroatoms. The lowest BCUT2D eigenvalue weighted by Crippen LogP contribution is -2.14. The minimum Gasteiger partial charge on any atom is -0.480 e. The number of carboxylic acid groups (broad SMARTS) is 1. The van der Waals surface area contributed by atoms with Crippen LogP contribution in [0.5, 0.6) is 0 Å². The van der Waals surface area contributed by atoms with Gasteiger partial charge in [-0.3, -0.25) is 4.79 Å². The van der Waals surface area contributed by atoms with Gasteiger partial charge in [-0.1, -0.05) is 12.1 Å². The fourth-order valence-corrected chi connectivity index (χ4v) is 2.45. The predicted octanol–water partition coefficient (Wildman–Crippen LogP) is 1.62. The summed E-state index contributed by atoms with van der Waals surface area (Å²) in [4.78, 5) is 15.6. The van der Waals surface area contributed by atoms with Crippen LogP contribution in [-0.2, 0) is 16.1 Å². The Bertz CT molecular complexity index is 585. The Labute approximate surface area is 104 Å². The number of nitrogens with zero attached hydrogens (tertiary/aromatic N) is 2. The van der Waals surface area contributed by atoms with Gasteiger partial charge in [-0.25, -0.2) is 4.98 Å². The predicted molar refractivity (Wildman–Crippen MR) is 65.5 cm³/mol. The summed E-state index contributed by atoms with van der Waals surface area (Å²) in [6.07, 6.45) is 0.906. The Morgan fingerprint density at radius 3 is 3.06 bits per heavy atom. The lowest BCUT2D eigenvalue weighted by atomic mass is 10.1. The van der Waals surface area contributed by atoms with Gasteiger partial charge in [0.05, 0.1) is 17.6 Å². The van der Waals surface area contributed by atoms with Gasteiger partial charge in [-0.2, -0.15) is 0 Å². The van der Waals surface area contributed by atoms with Crippen LogP contribution in [0, 0.1) is 0 Å². The highest BCUT2D eigenvalue weighted by Gasteiger charge is 2.24. The van der Waals surface area contributed by atoms with Crippen molar-refractivity contribution in [3.63, 3.8) is 0 Å². The van der Waals surface area contributed by atoms with E-state index in [-0.39, 0.29) is 12.5 Å². The second-order valence-electron chi connectivity index (χ2n) is 4.50. The van der Waals surface area contributed by atoms with Gasteiger partial charge in [0.1, 0.15) is 12.4 Å². The van der Waals surface area contributed by atoms with Gasteiger partial charge in [-0.15, -0.1) is 0 Å². The molecule has 0 amide bonds. The van der Waals surface area contributed by atoms with Gasteiger partial charge >= 0.3 is 5.97 Å². The Morgan fingerprint density at radius 1 is 1.50 bits per heavy atom. The lowest BCUT2D eigenvalue weighted by molar-refractivity contribution is -0.137. The Morgan fingerprint density at radius 2 is 2.33 bits per heavy atom. The number of hydrogen-bond donors (Lipinski definition) is 1. The third kappa shape index (κ3) is 1.86. The zero-order valence-corrected chi connectivity index (χ0v) is 9.87. The van der Waals surface area contributed by atoms with E-state index in [2.05, 4.69) is 4.98 Å². The minimum absolute atomic E-state index is 0.0493. The van der Waals surface area contributed by atoms with Gasteiger partial charge in [0.15, 0.2) is 0 Å². The van der Waals surface area contributed by atoms with Crippen molar-refractivity contribution < 1.29 is 14.6 Å². The molecule has 1 N–H and O–H groups in total. The number of benzene rings is 1. The van der Waals surface area contributed by atoms with Crippen molar-refractivity contribution in [2.75, 3.05) is 13.2 Å². The second kappa shape index (κ2) is 4.42. The topological polar surface area (TPSA) is 64.3 Å². The molecule has 0 unspecified atom stereocenters. The molecular weight excluding hydrogens is 232 g/mol. The van der Waals surface area contributed by atoms with Crippen LogP contribution in [0.1, 0.15) is 18.2 Å². The molecule has 3 rings (SSSR count). The van der Waals surface area contributed by atoms with Crippen molar-refractivity contribution in [3.05, 3.63) is 30.1 Å². The summed E-state index contributed by atoms with van der Waals surface area (Å²) in [5, 5.41) is 9.03. The summed E-state index contributed by atoms with van der Waals surface area (Å²) >= 11 is 0. The SMILES string of the molecule is O=C(O)Cn1c([C@@H]2CCOC2)nc2ccccc21. The van der Waals surface area contributed by atoms with Crippen LogP contribution in [0.15, 0.2) is 24.3 Å². The number of aliphatic carboxylic acids is 1. The number of rotatable bonds is 3. The third-order valence-corrected chi connectivity index (χ3v) is 3.27. The highest BCUT2D eigenvalue weighted by Crippen LogP contribution is 2.27. The van der Waals surface area contributed by atoms with Crippen molar-refractivity contribution >= 4 is 17.0 Å². The molecule has 94 valence electrons. The maximum absolute atomic E-state index is 11.0. The summed E-state index contributed by atoms with van der Waals surface area (Å²) in [5.74, 6) is 0.186. The number of aromatic nitrogens is 2. The van der Waals surface area contributed by atoms with Crippen LogP contribution in [-0.4, -0.2) is 33.8 Å². The van der Waals surface area contributed by atoms with E-state index in [4.69, 9.17) is 9.84 Å². The average Bonchev–Trinajstić information content (AvgIpc) is 2.96. The zero-order chi connectivity index (χ0) is 12.5. The normalized spacial score (nSPS) is 19.4. The quantitative estimate of drug-likeness (QED) is 0.893. The largest absolute Gasteiger partial charge is 0.480 e. The molecule has 18 heavy (non-hydrogen) atoms. The molecule has 2 aromatic rings. The number of para-hydroxylation sites is 2. The number of carbonyl (C=O) groups is 1. The molecule has 5 nitrogen and oxygen atoms in total. The minimum atomic E-state index is -0.849. The molecule has 1 aromatic heterocycles. The summed E-state index contributed by atoms with van der Waals surface area (Å²) in [6.45, 7) is 1.30. The zero-order valence-electron chi connectivity index (χ0n) is 9.87. The maximum Gasteiger partial charge on any atom is 0.323 e. The van der Waals surface area contributed by atoms with E-state index in [0.29, 0.717) is 6.61 Å². The molecule has 0 radical (unpaired) electrons. The van der Waals surface area contributed by atoms with Crippen LogP contribution in [0.2, 0.25) is 0 Å². The highest BCUT2D eigenvalue weighted by molar-refractivity contribution is 5.78. The summed E-state index contributed by atoms with van der Waals surface area (Å²) in [5.41, 5.74) is 1.72. The van der Waals surface area contributed by atoms with Crippen LogP contribution in [0.25, 0.3) is 11.0 Å². The van der Waals surface area contributed by atoms with E-state index in [0.717, 1.165) is 29.9 Å². The number of carboxylic acids is 1. The molecule has 0 spiro atoms. The van der Waals surface area contributed by atoms with Crippen molar-refractivity contribution in [2.24, 2.45) is 0 Å². The van der Waals surface area contributed by atoms with Crippen LogP contribution >= 0.6 is 0 Å². The lowest BCUT2D eigenvalue weighted by Gasteiger charge is -2.10. The summed E-state index contributed by atoms with van der Waals surface area (Å²) in [6, 6.07) is 7.63. The summed E-state index contributed by atoms with van der Waals surface area (Å²) in [7, 11) is 0. The molecule has 1 fully saturated rings. The van der Waals surface area contributed by atoms with Crippen molar-refractivity contribution in [2.45, 2.75) is 18.9 Å². The van der Waals surface area contributed by atoms with Gasteiger partial charge in [-0.05, 0) is 18.6 Å². The highest BCUT2D eigenvalue weighted by atomic mass is 16.5. The van der Waals surface area contributed by atoms with Crippen LogP contribution < -0.4 is 0 Å². The molecule has 1 atom stereocenters. The molecule has 0 bridgehead atoms. The van der Waals surface area contributed by atoms with Gasteiger partial charge in [0.2, 0.25) is 0 Å². The molecule has 1 saturated heterocycles. The molecule has 1 aliphatic heterocycles. The van der Waals surface area contributed by atoms with Crippen molar-refractivity contribution in [3.8, 4) is 0 Å². The molecule has 0 saturated carbocycles. The van der Waals surface area contributed by atoms with E-state index in [9.17, 15) is 4.79 Å².